The Kier molecular flexibility index (Phi) is 6.66. The van der Waals surface area contributed by atoms with Crippen molar-refractivity contribution in [1.29, 1.82) is 0 Å². The topological polar surface area (TPSA) is 118 Å². The number of nitro groups is 1. The van der Waals surface area contributed by atoms with Crippen LogP contribution in [-0.2, 0) is 4.79 Å². The molecule has 1 rings (SSSR count). The standard InChI is InChI=1S/C14H17NO6S/c1-8(16)10-3-4-11(12(7-10)15(20)21)14(19)13(18)5-6-22-9(2)17/h3-4,7,13-14,18-19H,5-6H2,1-2H3. The van der Waals surface area contributed by atoms with Crippen LogP contribution in [0.3, 0.4) is 0 Å². The molecule has 0 aliphatic heterocycles. The first-order chi connectivity index (χ1) is 10.2. The average molecular weight is 327 g/mol. The van der Waals surface area contributed by atoms with Gasteiger partial charge in [0.1, 0.15) is 6.10 Å². The molecular weight excluding hydrogens is 310 g/mol. The van der Waals surface area contributed by atoms with Crippen molar-refractivity contribution in [3.8, 4) is 0 Å². The van der Waals surface area contributed by atoms with Crippen molar-refractivity contribution in [2.75, 3.05) is 5.75 Å². The number of thioether (sulfide) groups is 1. The molecule has 0 heterocycles. The molecule has 7 nitrogen and oxygen atoms in total. The molecule has 0 aliphatic carbocycles. The third-order valence-corrected chi connectivity index (χ3v) is 3.88. The minimum atomic E-state index is -1.46. The number of hydrogen-bond acceptors (Lipinski definition) is 7. The van der Waals surface area contributed by atoms with E-state index in [1.807, 2.05) is 0 Å². The van der Waals surface area contributed by atoms with Gasteiger partial charge in [-0.25, -0.2) is 0 Å². The lowest BCUT2D eigenvalue weighted by Crippen LogP contribution is -2.20. The van der Waals surface area contributed by atoms with Crippen LogP contribution in [0.1, 0.15) is 42.3 Å². The van der Waals surface area contributed by atoms with Gasteiger partial charge in [-0.2, -0.15) is 0 Å². The van der Waals surface area contributed by atoms with Crippen molar-refractivity contribution in [2.45, 2.75) is 32.5 Å². The van der Waals surface area contributed by atoms with Crippen molar-refractivity contribution in [3.63, 3.8) is 0 Å². The number of rotatable bonds is 7. The highest BCUT2D eigenvalue weighted by Gasteiger charge is 2.27. The number of carbonyl (C=O) groups is 2. The number of hydrogen-bond donors (Lipinski definition) is 2. The van der Waals surface area contributed by atoms with Gasteiger partial charge in [-0.15, -0.1) is 0 Å². The SMILES string of the molecule is CC(=O)SCCC(O)C(O)c1ccc(C(C)=O)cc1[N+](=O)[O-]. The van der Waals surface area contributed by atoms with Gasteiger partial charge in [-0.05, 0) is 19.4 Å². The fourth-order valence-electron chi connectivity index (χ4n) is 1.86. The van der Waals surface area contributed by atoms with Gasteiger partial charge < -0.3 is 10.2 Å². The van der Waals surface area contributed by atoms with Crippen LogP contribution in [0.15, 0.2) is 18.2 Å². The summed E-state index contributed by atoms with van der Waals surface area (Å²) in [6.45, 7) is 2.67. The number of nitro benzene ring substituents is 1. The molecule has 0 saturated heterocycles. The van der Waals surface area contributed by atoms with E-state index in [1.165, 1.54) is 26.0 Å². The van der Waals surface area contributed by atoms with E-state index in [0.717, 1.165) is 17.8 Å². The first kappa shape index (κ1) is 18.3. The maximum atomic E-state index is 11.3. The minimum Gasteiger partial charge on any atom is -0.390 e. The van der Waals surface area contributed by atoms with E-state index in [2.05, 4.69) is 0 Å². The molecule has 0 radical (unpaired) electrons. The zero-order valence-electron chi connectivity index (χ0n) is 12.2. The van der Waals surface area contributed by atoms with Gasteiger partial charge in [-0.3, -0.25) is 19.7 Å². The van der Waals surface area contributed by atoms with Gasteiger partial charge >= 0.3 is 0 Å². The van der Waals surface area contributed by atoms with Crippen molar-refractivity contribution >= 4 is 28.3 Å². The molecule has 120 valence electrons. The van der Waals surface area contributed by atoms with Crippen molar-refractivity contribution < 1.29 is 24.7 Å². The molecule has 22 heavy (non-hydrogen) atoms. The summed E-state index contributed by atoms with van der Waals surface area (Å²) in [5.74, 6) is -0.0325. The molecule has 2 N–H and O–H groups in total. The van der Waals surface area contributed by atoms with Crippen LogP contribution in [-0.4, -0.2) is 37.9 Å². The van der Waals surface area contributed by atoms with Crippen LogP contribution in [0.25, 0.3) is 0 Å². The number of nitrogens with zero attached hydrogens (tertiary/aromatic N) is 1. The lowest BCUT2D eigenvalue weighted by Gasteiger charge is -2.18. The lowest BCUT2D eigenvalue weighted by atomic mass is 9.98. The van der Waals surface area contributed by atoms with Crippen LogP contribution in [0.5, 0.6) is 0 Å². The number of benzene rings is 1. The Balaban J connectivity index is 2.96. The highest BCUT2D eigenvalue weighted by atomic mass is 32.2. The Bertz CT molecular complexity index is 589. The Hall–Kier alpha value is -1.77. The largest absolute Gasteiger partial charge is 0.390 e. The summed E-state index contributed by atoms with van der Waals surface area (Å²) >= 11 is 1.00. The summed E-state index contributed by atoms with van der Waals surface area (Å²) in [6.07, 6.45) is -2.60. The second kappa shape index (κ2) is 8.02. The molecule has 1 aromatic carbocycles. The van der Waals surface area contributed by atoms with Gasteiger partial charge in [0, 0.05) is 24.3 Å². The van der Waals surface area contributed by atoms with E-state index in [1.54, 1.807) is 0 Å². The van der Waals surface area contributed by atoms with Gasteiger partial charge in [0.2, 0.25) is 0 Å². The molecule has 8 heteroatoms. The summed E-state index contributed by atoms with van der Waals surface area (Å²) in [7, 11) is 0. The fraction of sp³-hybridized carbons (Fsp3) is 0.429. The second-order valence-electron chi connectivity index (χ2n) is 4.73. The molecule has 0 aliphatic rings. The zero-order chi connectivity index (χ0) is 16.9. The first-order valence-corrected chi connectivity index (χ1v) is 7.51. The van der Waals surface area contributed by atoms with Gasteiger partial charge in [0.05, 0.1) is 16.6 Å². The van der Waals surface area contributed by atoms with Crippen LogP contribution >= 0.6 is 11.8 Å². The molecule has 0 bridgehead atoms. The maximum Gasteiger partial charge on any atom is 0.276 e. The van der Waals surface area contributed by atoms with Crippen molar-refractivity contribution in [2.24, 2.45) is 0 Å². The first-order valence-electron chi connectivity index (χ1n) is 6.52. The average Bonchev–Trinajstić information content (AvgIpc) is 2.45. The van der Waals surface area contributed by atoms with Gasteiger partial charge in [0.15, 0.2) is 10.9 Å². The molecule has 0 fully saturated rings. The number of carbonyl (C=O) groups excluding carboxylic acids is 2. The molecule has 2 unspecified atom stereocenters. The fourth-order valence-corrected chi connectivity index (χ4v) is 2.51. The zero-order valence-corrected chi connectivity index (χ0v) is 13.0. The van der Waals surface area contributed by atoms with E-state index in [9.17, 15) is 29.9 Å². The molecule has 1 aromatic rings. The molecule has 0 spiro atoms. The quantitative estimate of drug-likeness (QED) is 0.446. The smallest absolute Gasteiger partial charge is 0.276 e. The van der Waals surface area contributed by atoms with E-state index in [4.69, 9.17) is 0 Å². The van der Waals surface area contributed by atoms with Crippen molar-refractivity contribution in [1.82, 2.24) is 0 Å². The van der Waals surface area contributed by atoms with Crippen molar-refractivity contribution in [3.05, 3.63) is 39.4 Å². The summed E-state index contributed by atoms with van der Waals surface area (Å²) in [5, 5.41) is 31.0. The van der Waals surface area contributed by atoms with E-state index in [-0.39, 0.29) is 28.4 Å². The van der Waals surface area contributed by atoms with E-state index >= 15 is 0 Å². The second-order valence-corrected chi connectivity index (χ2v) is 6.00. The highest BCUT2D eigenvalue weighted by molar-refractivity contribution is 8.13. The highest BCUT2D eigenvalue weighted by Crippen LogP contribution is 2.30. The van der Waals surface area contributed by atoms with Crippen LogP contribution < -0.4 is 0 Å². The number of ketones is 1. The molecule has 0 saturated carbocycles. The molecule has 2 atom stereocenters. The predicted molar refractivity (Wildman–Crippen MR) is 81.8 cm³/mol. The normalized spacial score (nSPS) is 13.5. The Labute approximate surface area is 131 Å². The minimum absolute atomic E-state index is 0.0599. The third kappa shape index (κ3) is 4.90. The summed E-state index contributed by atoms with van der Waals surface area (Å²) in [5.41, 5.74) is -0.321. The number of aliphatic hydroxyl groups is 2. The van der Waals surface area contributed by atoms with Crippen LogP contribution in [0.2, 0.25) is 0 Å². The molecule has 0 aromatic heterocycles. The summed E-state index contributed by atoms with van der Waals surface area (Å²) in [4.78, 5) is 32.5. The number of aliphatic hydroxyl groups excluding tert-OH is 2. The molecular formula is C14H17NO6S. The van der Waals surface area contributed by atoms with E-state index in [0.29, 0.717) is 5.75 Å². The molecule has 0 amide bonds. The monoisotopic (exact) mass is 327 g/mol. The maximum absolute atomic E-state index is 11.3. The van der Waals surface area contributed by atoms with Crippen LogP contribution in [0, 0.1) is 10.1 Å². The van der Waals surface area contributed by atoms with Gasteiger partial charge in [-0.1, -0.05) is 17.8 Å². The third-order valence-electron chi connectivity index (χ3n) is 3.04. The van der Waals surface area contributed by atoms with Crippen LogP contribution in [0.4, 0.5) is 5.69 Å². The lowest BCUT2D eigenvalue weighted by molar-refractivity contribution is -0.386. The Morgan fingerprint density at radius 2 is 1.95 bits per heavy atom. The van der Waals surface area contributed by atoms with E-state index < -0.39 is 22.8 Å². The summed E-state index contributed by atoms with van der Waals surface area (Å²) < 4.78 is 0. The Morgan fingerprint density at radius 3 is 2.45 bits per heavy atom. The Morgan fingerprint density at radius 1 is 1.32 bits per heavy atom. The van der Waals surface area contributed by atoms with Gasteiger partial charge in [0.25, 0.3) is 5.69 Å². The number of Topliss-reactive ketones (excluding diaryl/α,β-unsaturated/α-hetero) is 1. The predicted octanol–water partition coefficient (Wildman–Crippen LogP) is 1.86. The summed E-state index contributed by atoms with van der Waals surface area (Å²) in [6, 6.07) is 3.71.